The van der Waals surface area contributed by atoms with Gasteiger partial charge in [0.1, 0.15) is 5.82 Å². The zero-order valence-corrected chi connectivity index (χ0v) is 18.5. The highest BCUT2D eigenvalue weighted by atomic mass is 19.1. The van der Waals surface area contributed by atoms with E-state index in [4.69, 9.17) is 0 Å². The fourth-order valence-corrected chi connectivity index (χ4v) is 4.43. The highest BCUT2D eigenvalue weighted by Gasteiger charge is 2.26. The molecule has 0 radical (unpaired) electrons. The van der Waals surface area contributed by atoms with Gasteiger partial charge in [0.15, 0.2) is 0 Å². The molecule has 2 aliphatic rings. The molecule has 1 N–H and O–H groups in total. The van der Waals surface area contributed by atoms with Crippen LogP contribution in [0.4, 0.5) is 15.8 Å². The number of amides is 1. The fraction of sp³-hybridized carbons (Fsp3) is 0.522. The number of nitrogens with one attached hydrogen (secondary N) is 1. The van der Waals surface area contributed by atoms with Crippen molar-refractivity contribution in [2.75, 3.05) is 62.2 Å². The lowest BCUT2D eigenvalue weighted by Gasteiger charge is -2.36. The molecule has 8 nitrogen and oxygen atoms in total. The van der Waals surface area contributed by atoms with Gasteiger partial charge >= 0.3 is 0 Å². The second-order valence-corrected chi connectivity index (χ2v) is 8.51. The highest BCUT2D eigenvalue weighted by molar-refractivity contribution is 5.79. The maximum atomic E-state index is 14.0. The lowest BCUT2D eigenvalue weighted by atomic mass is 9.95. The van der Waals surface area contributed by atoms with Gasteiger partial charge in [0.2, 0.25) is 5.91 Å². The molecular formula is C23H31FN6O2. The molecule has 2 fully saturated rings. The minimum atomic E-state index is -0.176. The van der Waals surface area contributed by atoms with Crippen LogP contribution < -0.4 is 20.7 Å². The molecule has 0 aliphatic carbocycles. The van der Waals surface area contributed by atoms with Crippen LogP contribution in [-0.2, 0) is 11.8 Å². The first-order valence-corrected chi connectivity index (χ1v) is 11.3. The van der Waals surface area contributed by atoms with Crippen molar-refractivity contribution in [2.24, 2.45) is 13.0 Å². The number of hydrogen-bond donors (Lipinski definition) is 1. The molecule has 0 atom stereocenters. The Kier molecular flexibility index (Phi) is 7.04. The Morgan fingerprint density at radius 1 is 1.09 bits per heavy atom. The van der Waals surface area contributed by atoms with Gasteiger partial charge in [-0.3, -0.25) is 14.5 Å². The van der Waals surface area contributed by atoms with E-state index in [9.17, 15) is 14.0 Å². The monoisotopic (exact) mass is 442 g/mol. The van der Waals surface area contributed by atoms with E-state index in [1.165, 1.54) is 10.7 Å². The molecule has 4 rings (SSSR count). The summed E-state index contributed by atoms with van der Waals surface area (Å²) in [6, 6.07) is 8.49. The summed E-state index contributed by atoms with van der Waals surface area (Å²) in [6.45, 7) is 6.18. The van der Waals surface area contributed by atoms with Gasteiger partial charge in [-0.05, 0) is 25.0 Å². The van der Waals surface area contributed by atoms with Crippen LogP contribution in [0.15, 0.2) is 41.3 Å². The Balaban J connectivity index is 1.16. The minimum Gasteiger partial charge on any atom is -0.370 e. The van der Waals surface area contributed by atoms with Gasteiger partial charge in [-0.2, -0.15) is 5.10 Å². The first-order valence-electron chi connectivity index (χ1n) is 11.3. The lowest BCUT2D eigenvalue weighted by molar-refractivity contribution is -0.125. The molecule has 0 bridgehead atoms. The van der Waals surface area contributed by atoms with Gasteiger partial charge in [0.25, 0.3) is 5.56 Å². The van der Waals surface area contributed by atoms with Crippen LogP contribution >= 0.6 is 0 Å². The second-order valence-electron chi connectivity index (χ2n) is 8.51. The molecule has 0 unspecified atom stereocenters. The number of aromatic nitrogens is 2. The zero-order chi connectivity index (χ0) is 22.5. The molecule has 9 heteroatoms. The summed E-state index contributed by atoms with van der Waals surface area (Å²) in [5.74, 6) is -0.0642. The maximum Gasteiger partial charge on any atom is 0.268 e. The Morgan fingerprint density at radius 3 is 2.50 bits per heavy atom. The van der Waals surface area contributed by atoms with Crippen molar-refractivity contribution >= 4 is 17.3 Å². The number of rotatable bonds is 6. The van der Waals surface area contributed by atoms with Gasteiger partial charge in [-0.15, -0.1) is 0 Å². The van der Waals surface area contributed by atoms with Crippen LogP contribution in [0.3, 0.4) is 0 Å². The Labute approximate surface area is 187 Å². The summed E-state index contributed by atoms with van der Waals surface area (Å²) >= 11 is 0. The van der Waals surface area contributed by atoms with E-state index in [0.29, 0.717) is 12.2 Å². The Morgan fingerprint density at radius 2 is 1.81 bits per heavy atom. The predicted molar refractivity (Wildman–Crippen MR) is 122 cm³/mol. The predicted octanol–water partition coefficient (Wildman–Crippen LogP) is 1.07. The molecule has 0 spiro atoms. The number of nitrogens with zero attached hydrogens (tertiary/aromatic N) is 5. The van der Waals surface area contributed by atoms with Crippen LogP contribution in [0.1, 0.15) is 12.8 Å². The van der Waals surface area contributed by atoms with Crippen molar-refractivity contribution in [3.8, 4) is 0 Å². The fourth-order valence-electron chi connectivity index (χ4n) is 4.43. The molecule has 32 heavy (non-hydrogen) atoms. The third kappa shape index (κ3) is 5.27. The van der Waals surface area contributed by atoms with E-state index >= 15 is 0 Å². The number of piperidine rings is 1. The smallest absolute Gasteiger partial charge is 0.268 e. The van der Waals surface area contributed by atoms with Crippen molar-refractivity contribution in [1.29, 1.82) is 0 Å². The molecule has 1 aromatic heterocycles. The third-order valence-electron chi connectivity index (χ3n) is 6.48. The van der Waals surface area contributed by atoms with E-state index < -0.39 is 0 Å². The number of para-hydroxylation sites is 1. The van der Waals surface area contributed by atoms with E-state index in [0.717, 1.165) is 64.3 Å². The van der Waals surface area contributed by atoms with Crippen LogP contribution in [-0.4, -0.2) is 72.9 Å². The highest BCUT2D eigenvalue weighted by Crippen LogP contribution is 2.22. The van der Waals surface area contributed by atoms with Gasteiger partial charge in [-0.1, -0.05) is 12.1 Å². The molecule has 1 amide bonds. The Hall–Kier alpha value is -2.94. The van der Waals surface area contributed by atoms with E-state index in [-0.39, 0.29) is 23.2 Å². The van der Waals surface area contributed by atoms with Gasteiger partial charge < -0.3 is 15.1 Å². The average Bonchev–Trinajstić information content (AvgIpc) is 2.82. The van der Waals surface area contributed by atoms with Crippen molar-refractivity contribution in [2.45, 2.75) is 12.8 Å². The number of carbonyl (C=O) groups is 1. The first-order chi connectivity index (χ1) is 15.5. The molecule has 3 heterocycles. The summed E-state index contributed by atoms with van der Waals surface area (Å²) in [4.78, 5) is 30.9. The molecular weight excluding hydrogens is 411 g/mol. The quantitative estimate of drug-likeness (QED) is 0.722. The first kappa shape index (κ1) is 22.3. The summed E-state index contributed by atoms with van der Waals surface area (Å²) in [6.07, 6.45) is 3.23. The van der Waals surface area contributed by atoms with Gasteiger partial charge in [0.05, 0.1) is 17.6 Å². The molecule has 1 aromatic carbocycles. The SMILES string of the molecule is Cn1ncc(N2CCC(C(=O)NCCN3CCN(c4ccccc4F)CC3)CC2)cc1=O. The molecule has 2 aromatic rings. The van der Waals surface area contributed by atoms with Crippen LogP contribution in [0, 0.1) is 11.7 Å². The van der Waals surface area contributed by atoms with Crippen LogP contribution in [0.25, 0.3) is 0 Å². The molecule has 2 saturated heterocycles. The molecule has 0 saturated carbocycles. The number of halogens is 1. The number of anilines is 2. The average molecular weight is 443 g/mol. The minimum absolute atomic E-state index is 0.00339. The largest absolute Gasteiger partial charge is 0.370 e. The number of piperazine rings is 1. The zero-order valence-electron chi connectivity index (χ0n) is 18.5. The van der Waals surface area contributed by atoms with Crippen molar-refractivity contribution < 1.29 is 9.18 Å². The third-order valence-corrected chi connectivity index (χ3v) is 6.48. The van der Waals surface area contributed by atoms with Crippen molar-refractivity contribution in [3.05, 3.63) is 52.7 Å². The van der Waals surface area contributed by atoms with Gasteiger partial charge in [-0.25, -0.2) is 9.07 Å². The number of aryl methyl sites for hydroxylation is 1. The van der Waals surface area contributed by atoms with Crippen LogP contribution in [0.2, 0.25) is 0 Å². The number of hydrogen-bond acceptors (Lipinski definition) is 6. The molecule has 2 aliphatic heterocycles. The van der Waals surface area contributed by atoms with E-state index in [1.54, 1.807) is 25.4 Å². The number of benzene rings is 1. The lowest BCUT2D eigenvalue weighted by Crippen LogP contribution is -2.49. The molecule has 172 valence electrons. The maximum absolute atomic E-state index is 14.0. The summed E-state index contributed by atoms with van der Waals surface area (Å²) in [5.41, 5.74) is 1.36. The van der Waals surface area contributed by atoms with Crippen molar-refractivity contribution in [3.63, 3.8) is 0 Å². The second kappa shape index (κ2) is 10.1. The normalized spacial score (nSPS) is 18.1. The summed E-state index contributed by atoms with van der Waals surface area (Å²) < 4.78 is 15.3. The van der Waals surface area contributed by atoms with E-state index in [2.05, 4.69) is 25.1 Å². The van der Waals surface area contributed by atoms with Gasteiger partial charge in [0, 0.05) is 71.4 Å². The van der Waals surface area contributed by atoms with Crippen molar-refractivity contribution in [1.82, 2.24) is 20.0 Å². The van der Waals surface area contributed by atoms with E-state index in [1.807, 2.05) is 12.1 Å². The Bertz CT molecular complexity index is 980. The summed E-state index contributed by atoms with van der Waals surface area (Å²) in [7, 11) is 1.63. The van der Waals surface area contributed by atoms with Crippen LogP contribution in [0.5, 0.6) is 0 Å². The summed E-state index contributed by atoms with van der Waals surface area (Å²) in [5, 5.41) is 7.16. The topological polar surface area (TPSA) is 73.7 Å². The number of carbonyl (C=O) groups excluding carboxylic acids is 1. The standard InChI is InChI=1S/C23H31FN6O2/c1-27-22(31)16-19(17-26-27)29-9-6-18(7-10-29)23(32)25-8-11-28-12-14-30(15-13-28)21-5-3-2-4-20(21)24/h2-5,16-18H,6-15H2,1H3,(H,25,32).